The van der Waals surface area contributed by atoms with Crippen molar-refractivity contribution in [2.75, 3.05) is 7.11 Å². The zero-order valence-electron chi connectivity index (χ0n) is 10.9. The maximum atomic E-state index is 8.69. The van der Waals surface area contributed by atoms with Gasteiger partial charge in [0.2, 0.25) is 0 Å². The Labute approximate surface area is 122 Å². The van der Waals surface area contributed by atoms with Crippen molar-refractivity contribution in [3.8, 4) is 11.5 Å². The van der Waals surface area contributed by atoms with Gasteiger partial charge >= 0.3 is 0 Å². The third-order valence-electron chi connectivity index (χ3n) is 2.76. The normalized spacial score (nSPS) is 10.7. The molecule has 2 rings (SSSR count). The first-order valence-electron chi connectivity index (χ1n) is 5.97. The van der Waals surface area contributed by atoms with Gasteiger partial charge in [0.1, 0.15) is 6.61 Å². The molecule has 2 aromatic carbocycles. The van der Waals surface area contributed by atoms with Gasteiger partial charge in [0.25, 0.3) is 0 Å². The minimum Gasteiger partial charge on any atom is -0.493 e. The molecule has 0 aromatic heterocycles. The van der Waals surface area contributed by atoms with Gasteiger partial charge in [-0.15, -0.1) is 0 Å². The van der Waals surface area contributed by atoms with Crippen LogP contribution in [0.5, 0.6) is 11.5 Å². The van der Waals surface area contributed by atoms with E-state index >= 15 is 0 Å². The quantitative estimate of drug-likeness (QED) is 0.519. The molecule has 0 fully saturated rings. The molecule has 0 unspecified atom stereocenters. The summed E-state index contributed by atoms with van der Waals surface area (Å²) in [6.07, 6.45) is 1.30. The number of benzene rings is 2. The van der Waals surface area contributed by atoms with Crippen LogP contribution in [-0.2, 0) is 6.61 Å². The average Bonchev–Trinajstić information content (AvgIpc) is 2.47. The van der Waals surface area contributed by atoms with E-state index in [1.54, 1.807) is 31.4 Å². The molecule has 20 heavy (non-hydrogen) atoms. The predicted octanol–water partition coefficient (Wildman–Crippen LogP) is 3.74. The van der Waals surface area contributed by atoms with Crippen LogP contribution in [0.2, 0.25) is 5.02 Å². The van der Waals surface area contributed by atoms with Gasteiger partial charge in [0.15, 0.2) is 11.5 Å². The molecule has 0 bridgehead atoms. The number of halogens is 1. The van der Waals surface area contributed by atoms with Crippen molar-refractivity contribution in [1.29, 1.82) is 0 Å². The van der Waals surface area contributed by atoms with E-state index in [1.165, 1.54) is 6.21 Å². The molecule has 4 nitrogen and oxygen atoms in total. The van der Waals surface area contributed by atoms with Gasteiger partial charge in [0, 0.05) is 16.1 Å². The standard InChI is InChI=1S/C15H14ClNO3/c1-19-14-8-4-6-11(9-17-18)15(14)20-10-12-5-2-3-7-13(12)16/h2-9,18H,10H2,1H3/b17-9+. The monoisotopic (exact) mass is 291 g/mol. The number of ether oxygens (including phenoxy) is 2. The molecule has 0 aliphatic rings. The maximum absolute atomic E-state index is 8.69. The lowest BCUT2D eigenvalue weighted by Gasteiger charge is -2.13. The number of hydrogen-bond acceptors (Lipinski definition) is 4. The third kappa shape index (κ3) is 3.22. The van der Waals surface area contributed by atoms with Crippen molar-refractivity contribution in [1.82, 2.24) is 0 Å². The number of rotatable bonds is 5. The first-order valence-corrected chi connectivity index (χ1v) is 6.34. The molecule has 0 heterocycles. The van der Waals surface area contributed by atoms with Gasteiger partial charge in [-0.05, 0) is 18.2 Å². The van der Waals surface area contributed by atoms with Crippen LogP contribution in [0.25, 0.3) is 0 Å². The SMILES string of the molecule is COc1cccc(/C=N/O)c1OCc1ccccc1Cl. The second-order valence-corrected chi connectivity index (χ2v) is 4.41. The minimum atomic E-state index is 0.298. The first-order chi connectivity index (χ1) is 9.76. The third-order valence-corrected chi connectivity index (χ3v) is 3.12. The molecule has 1 N–H and O–H groups in total. The second kappa shape index (κ2) is 6.82. The summed E-state index contributed by atoms with van der Waals surface area (Å²) in [5, 5.41) is 12.4. The van der Waals surface area contributed by atoms with Crippen LogP contribution in [0.3, 0.4) is 0 Å². The summed E-state index contributed by atoms with van der Waals surface area (Å²) in [4.78, 5) is 0. The zero-order valence-corrected chi connectivity index (χ0v) is 11.7. The van der Waals surface area contributed by atoms with Crippen LogP contribution in [0.4, 0.5) is 0 Å². The smallest absolute Gasteiger partial charge is 0.170 e. The highest BCUT2D eigenvalue weighted by atomic mass is 35.5. The van der Waals surface area contributed by atoms with Crippen LogP contribution < -0.4 is 9.47 Å². The van der Waals surface area contributed by atoms with E-state index in [1.807, 2.05) is 18.2 Å². The topological polar surface area (TPSA) is 51.0 Å². The summed E-state index contributed by atoms with van der Waals surface area (Å²) in [6.45, 7) is 0.298. The van der Waals surface area contributed by atoms with E-state index < -0.39 is 0 Å². The van der Waals surface area contributed by atoms with Crippen molar-refractivity contribution in [3.05, 3.63) is 58.6 Å². The van der Waals surface area contributed by atoms with E-state index in [0.717, 1.165) is 5.56 Å². The first kappa shape index (κ1) is 14.2. The summed E-state index contributed by atoms with van der Waals surface area (Å²) in [5.41, 5.74) is 1.49. The summed E-state index contributed by atoms with van der Waals surface area (Å²) in [5.74, 6) is 1.07. The van der Waals surface area contributed by atoms with Gasteiger partial charge in [-0.1, -0.05) is 41.0 Å². The lowest BCUT2D eigenvalue weighted by atomic mass is 10.2. The van der Waals surface area contributed by atoms with Gasteiger partial charge in [-0.25, -0.2) is 0 Å². The number of hydrogen-bond donors (Lipinski definition) is 1. The zero-order chi connectivity index (χ0) is 14.4. The molecule has 0 spiro atoms. The Morgan fingerprint density at radius 3 is 2.70 bits per heavy atom. The molecule has 104 valence electrons. The van der Waals surface area contributed by atoms with Crippen molar-refractivity contribution in [2.45, 2.75) is 6.61 Å². The summed E-state index contributed by atoms with van der Waals surface area (Å²) >= 11 is 6.09. The Morgan fingerprint density at radius 1 is 1.20 bits per heavy atom. The van der Waals surface area contributed by atoms with Gasteiger partial charge in [-0.3, -0.25) is 0 Å². The van der Waals surface area contributed by atoms with Crippen LogP contribution in [0.1, 0.15) is 11.1 Å². The molecular formula is C15H14ClNO3. The van der Waals surface area contributed by atoms with Gasteiger partial charge in [0.05, 0.1) is 13.3 Å². The van der Waals surface area contributed by atoms with Gasteiger partial charge < -0.3 is 14.7 Å². The molecule has 0 saturated heterocycles. The van der Waals surface area contributed by atoms with Crippen molar-refractivity contribution >= 4 is 17.8 Å². The van der Waals surface area contributed by atoms with Crippen LogP contribution in [-0.4, -0.2) is 18.5 Å². The fourth-order valence-corrected chi connectivity index (χ4v) is 1.97. The molecule has 0 saturated carbocycles. The van der Waals surface area contributed by atoms with E-state index in [4.69, 9.17) is 26.3 Å². The lowest BCUT2D eigenvalue weighted by Crippen LogP contribution is -2.01. The Balaban J connectivity index is 2.26. The summed E-state index contributed by atoms with van der Waals surface area (Å²) in [6, 6.07) is 12.8. The molecule has 0 radical (unpaired) electrons. The highest BCUT2D eigenvalue weighted by Crippen LogP contribution is 2.31. The van der Waals surface area contributed by atoms with Crippen molar-refractivity contribution in [3.63, 3.8) is 0 Å². The highest BCUT2D eigenvalue weighted by molar-refractivity contribution is 6.31. The van der Waals surface area contributed by atoms with E-state index in [2.05, 4.69) is 5.16 Å². The fraction of sp³-hybridized carbons (Fsp3) is 0.133. The highest BCUT2D eigenvalue weighted by Gasteiger charge is 2.10. The van der Waals surface area contributed by atoms with Gasteiger partial charge in [-0.2, -0.15) is 0 Å². The second-order valence-electron chi connectivity index (χ2n) is 4.00. The maximum Gasteiger partial charge on any atom is 0.170 e. The molecule has 0 aliphatic carbocycles. The average molecular weight is 292 g/mol. The van der Waals surface area contributed by atoms with Crippen LogP contribution in [0.15, 0.2) is 47.6 Å². The number of oxime groups is 1. The molecular weight excluding hydrogens is 278 g/mol. The molecule has 0 aliphatic heterocycles. The number of para-hydroxylation sites is 1. The van der Waals surface area contributed by atoms with E-state index in [-0.39, 0.29) is 0 Å². The minimum absolute atomic E-state index is 0.298. The molecule has 2 aromatic rings. The predicted molar refractivity (Wildman–Crippen MR) is 78.2 cm³/mol. The van der Waals surface area contributed by atoms with Crippen molar-refractivity contribution in [2.24, 2.45) is 5.16 Å². The Bertz CT molecular complexity index is 614. The Morgan fingerprint density at radius 2 is 2.00 bits per heavy atom. The fourth-order valence-electron chi connectivity index (χ4n) is 1.78. The molecule has 0 atom stereocenters. The van der Waals surface area contributed by atoms with Crippen LogP contribution >= 0.6 is 11.6 Å². The van der Waals surface area contributed by atoms with Crippen LogP contribution in [0, 0.1) is 0 Å². The Hall–Kier alpha value is -2.20. The molecule has 5 heteroatoms. The molecule has 0 amide bonds. The van der Waals surface area contributed by atoms with Crippen molar-refractivity contribution < 1.29 is 14.7 Å². The Kier molecular flexibility index (Phi) is 4.85. The number of methoxy groups -OCH3 is 1. The number of nitrogens with zero attached hydrogens (tertiary/aromatic N) is 1. The lowest BCUT2D eigenvalue weighted by molar-refractivity contribution is 0.283. The summed E-state index contributed by atoms with van der Waals surface area (Å²) < 4.78 is 11.0. The largest absolute Gasteiger partial charge is 0.493 e. The van der Waals surface area contributed by atoms with E-state index in [0.29, 0.717) is 28.7 Å². The summed E-state index contributed by atoms with van der Waals surface area (Å²) in [7, 11) is 1.55. The van der Waals surface area contributed by atoms with E-state index in [9.17, 15) is 0 Å².